The number of esters is 1. The van der Waals surface area contributed by atoms with E-state index in [1.807, 2.05) is 0 Å². The number of phenols is 2. The van der Waals surface area contributed by atoms with Crippen molar-refractivity contribution in [2.75, 3.05) is 6.61 Å². The first kappa shape index (κ1) is 17.0. The van der Waals surface area contributed by atoms with E-state index in [0.717, 1.165) is 5.56 Å². The highest BCUT2D eigenvalue weighted by molar-refractivity contribution is 5.95. The molecule has 1 atom stereocenters. The standard InChI is InChI=1S/C15H20O6/c1-2-21-15(20)9-12(17)8-11(16)5-3-10-4-6-13(18)14(19)7-10/h4,6-7,11,16,18-19H,2-3,5,8-9H2,1H3. The Balaban J connectivity index is 2.36. The SMILES string of the molecule is CCOC(=O)CC(=O)CC(O)CCc1ccc(O)c(O)c1. The molecule has 6 nitrogen and oxygen atoms in total. The first-order chi connectivity index (χ1) is 9.92. The van der Waals surface area contributed by atoms with Crippen molar-refractivity contribution in [3.05, 3.63) is 23.8 Å². The second-order valence-electron chi connectivity index (χ2n) is 4.74. The number of ether oxygens (including phenoxy) is 1. The van der Waals surface area contributed by atoms with E-state index >= 15 is 0 Å². The molecule has 0 aliphatic carbocycles. The number of hydrogen-bond donors (Lipinski definition) is 3. The van der Waals surface area contributed by atoms with E-state index in [9.17, 15) is 24.9 Å². The molecule has 3 N–H and O–H groups in total. The Hall–Kier alpha value is -2.08. The molecule has 0 aliphatic rings. The van der Waals surface area contributed by atoms with Crippen LogP contribution in [0.4, 0.5) is 0 Å². The first-order valence-electron chi connectivity index (χ1n) is 6.78. The molecule has 1 unspecified atom stereocenters. The van der Waals surface area contributed by atoms with Crippen molar-refractivity contribution < 1.29 is 29.6 Å². The molecule has 0 saturated heterocycles. The van der Waals surface area contributed by atoms with Gasteiger partial charge < -0.3 is 20.1 Å². The number of carbonyl (C=O) groups excluding carboxylic acids is 2. The highest BCUT2D eigenvalue weighted by Gasteiger charge is 2.15. The number of hydrogen-bond acceptors (Lipinski definition) is 6. The van der Waals surface area contributed by atoms with Gasteiger partial charge in [-0.1, -0.05) is 6.07 Å². The Kier molecular flexibility index (Phi) is 6.68. The zero-order valence-electron chi connectivity index (χ0n) is 11.9. The van der Waals surface area contributed by atoms with Gasteiger partial charge in [0.2, 0.25) is 0 Å². The summed E-state index contributed by atoms with van der Waals surface area (Å²) in [5, 5.41) is 28.3. The minimum atomic E-state index is -0.858. The fraction of sp³-hybridized carbons (Fsp3) is 0.467. The van der Waals surface area contributed by atoms with Gasteiger partial charge in [0.15, 0.2) is 11.5 Å². The third-order valence-corrected chi connectivity index (χ3v) is 2.92. The van der Waals surface area contributed by atoms with Crippen LogP contribution in [0.3, 0.4) is 0 Å². The van der Waals surface area contributed by atoms with Crippen LogP contribution in [0.2, 0.25) is 0 Å². The number of phenolic OH excluding ortho intramolecular Hbond substituents is 2. The summed E-state index contributed by atoms with van der Waals surface area (Å²) in [6, 6.07) is 4.40. The number of aliphatic hydroxyl groups is 1. The summed E-state index contributed by atoms with van der Waals surface area (Å²) in [5.41, 5.74) is 0.738. The number of aryl methyl sites for hydroxylation is 1. The van der Waals surface area contributed by atoms with Gasteiger partial charge in [-0.25, -0.2) is 0 Å². The van der Waals surface area contributed by atoms with E-state index in [2.05, 4.69) is 4.74 Å². The lowest BCUT2D eigenvalue weighted by Crippen LogP contribution is -2.18. The van der Waals surface area contributed by atoms with Crippen molar-refractivity contribution in [3.8, 4) is 11.5 Å². The fourth-order valence-corrected chi connectivity index (χ4v) is 1.87. The molecule has 0 fully saturated rings. The second kappa shape index (κ2) is 8.26. The molecule has 116 valence electrons. The number of carbonyl (C=O) groups is 2. The van der Waals surface area contributed by atoms with Crippen LogP contribution in [0.25, 0.3) is 0 Å². The monoisotopic (exact) mass is 296 g/mol. The number of aliphatic hydroxyl groups excluding tert-OH is 1. The lowest BCUT2D eigenvalue weighted by atomic mass is 10.0. The molecule has 0 heterocycles. The number of benzene rings is 1. The Morgan fingerprint density at radius 2 is 1.95 bits per heavy atom. The minimum Gasteiger partial charge on any atom is -0.504 e. The molecule has 0 aromatic heterocycles. The summed E-state index contributed by atoms with van der Waals surface area (Å²) in [7, 11) is 0. The Bertz CT molecular complexity index is 497. The molecule has 0 radical (unpaired) electrons. The molecule has 0 spiro atoms. The second-order valence-corrected chi connectivity index (χ2v) is 4.74. The zero-order valence-corrected chi connectivity index (χ0v) is 11.9. The summed E-state index contributed by atoms with van der Waals surface area (Å²) >= 11 is 0. The summed E-state index contributed by atoms with van der Waals surface area (Å²) < 4.78 is 4.65. The molecule has 0 saturated carbocycles. The number of ketones is 1. The van der Waals surface area contributed by atoms with Crippen molar-refractivity contribution in [1.29, 1.82) is 0 Å². The van der Waals surface area contributed by atoms with Crippen LogP contribution >= 0.6 is 0 Å². The lowest BCUT2D eigenvalue weighted by Gasteiger charge is -2.10. The smallest absolute Gasteiger partial charge is 0.313 e. The van der Waals surface area contributed by atoms with E-state index in [-0.39, 0.29) is 36.7 Å². The van der Waals surface area contributed by atoms with Crippen molar-refractivity contribution >= 4 is 11.8 Å². The van der Waals surface area contributed by atoms with Crippen molar-refractivity contribution in [1.82, 2.24) is 0 Å². The average Bonchev–Trinajstić information content (AvgIpc) is 2.40. The van der Waals surface area contributed by atoms with Crippen LogP contribution < -0.4 is 0 Å². The van der Waals surface area contributed by atoms with E-state index < -0.39 is 12.1 Å². The molecule has 1 aromatic rings. The van der Waals surface area contributed by atoms with Crippen LogP contribution in [-0.2, 0) is 20.7 Å². The largest absolute Gasteiger partial charge is 0.504 e. The predicted octanol–water partition coefficient (Wildman–Crippen LogP) is 1.30. The minimum absolute atomic E-state index is 0.108. The normalized spacial score (nSPS) is 11.9. The Morgan fingerprint density at radius 1 is 1.24 bits per heavy atom. The van der Waals surface area contributed by atoms with Crippen LogP contribution in [-0.4, -0.2) is 39.8 Å². The lowest BCUT2D eigenvalue weighted by molar-refractivity contribution is -0.145. The average molecular weight is 296 g/mol. The highest BCUT2D eigenvalue weighted by Crippen LogP contribution is 2.25. The summed E-state index contributed by atoms with van der Waals surface area (Å²) in [6.07, 6.45) is -0.531. The highest BCUT2D eigenvalue weighted by atomic mass is 16.5. The molecule has 1 rings (SSSR count). The maximum Gasteiger partial charge on any atom is 0.313 e. The quantitative estimate of drug-likeness (QED) is 0.379. The molecule has 0 bridgehead atoms. The Labute approximate surface area is 123 Å². The van der Waals surface area contributed by atoms with E-state index in [0.29, 0.717) is 12.8 Å². The summed E-state index contributed by atoms with van der Waals surface area (Å²) in [6.45, 7) is 1.88. The number of aromatic hydroxyl groups is 2. The Morgan fingerprint density at radius 3 is 2.57 bits per heavy atom. The first-order valence-corrected chi connectivity index (χ1v) is 6.78. The molecule has 6 heteroatoms. The van der Waals surface area contributed by atoms with Crippen LogP contribution in [0.5, 0.6) is 11.5 Å². The fourth-order valence-electron chi connectivity index (χ4n) is 1.87. The molecule has 21 heavy (non-hydrogen) atoms. The van der Waals surface area contributed by atoms with Gasteiger partial charge >= 0.3 is 5.97 Å². The van der Waals surface area contributed by atoms with Gasteiger partial charge in [-0.3, -0.25) is 9.59 Å². The maximum atomic E-state index is 11.5. The van der Waals surface area contributed by atoms with Gasteiger partial charge in [0.05, 0.1) is 12.7 Å². The van der Waals surface area contributed by atoms with Gasteiger partial charge in [-0.05, 0) is 37.5 Å². The van der Waals surface area contributed by atoms with E-state index in [4.69, 9.17) is 0 Å². The number of rotatable bonds is 8. The maximum absolute atomic E-state index is 11.5. The topological polar surface area (TPSA) is 104 Å². The summed E-state index contributed by atoms with van der Waals surface area (Å²) in [5.74, 6) is -1.38. The van der Waals surface area contributed by atoms with Gasteiger partial charge in [0.25, 0.3) is 0 Å². The predicted molar refractivity (Wildman–Crippen MR) is 75.0 cm³/mol. The van der Waals surface area contributed by atoms with Crippen LogP contribution in [0, 0.1) is 0 Å². The van der Waals surface area contributed by atoms with E-state index in [1.165, 1.54) is 12.1 Å². The van der Waals surface area contributed by atoms with Crippen LogP contribution in [0.15, 0.2) is 18.2 Å². The molecule has 1 aromatic carbocycles. The molecule has 0 amide bonds. The van der Waals surface area contributed by atoms with Gasteiger partial charge in [0.1, 0.15) is 12.2 Å². The molecular weight excluding hydrogens is 276 g/mol. The third kappa shape index (κ3) is 6.27. The summed E-state index contributed by atoms with van der Waals surface area (Å²) in [4.78, 5) is 22.6. The van der Waals surface area contributed by atoms with Crippen molar-refractivity contribution in [2.45, 2.75) is 38.7 Å². The van der Waals surface area contributed by atoms with Gasteiger partial charge in [0, 0.05) is 6.42 Å². The van der Waals surface area contributed by atoms with Crippen molar-refractivity contribution in [2.24, 2.45) is 0 Å². The van der Waals surface area contributed by atoms with Crippen LogP contribution in [0.1, 0.15) is 31.7 Å². The zero-order chi connectivity index (χ0) is 15.8. The third-order valence-electron chi connectivity index (χ3n) is 2.92. The number of Topliss-reactive ketones (excluding diaryl/α,β-unsaturated/α-hetero) is 1. The van der Waals surface area contributed by atoms with E-state index in [1.54, 1.807) is 13.0 Å². The molecular formula is C15H20O6. The van der Waals surface area contributed by atoms with Gasteiger partial charge in [-0.2, -0.15) is 0 Å². The molecule has 0 aliphatic heterocycles. The van der Waals surface area contributed by atoms with Gasteiger partial charge in [-0.15, -0.1) is 0 Å². The van der Waals surface area contributed by atoms with Crippen molar-refractivity contribution in [3.63, 3.8) is 0 Å².